The van der Waals surface area contributed by atoms with E-state index in [1.54, 1.807) is 24.3 Å². The van der Waals surface area contributed by atoms with E-state index in [-0.39, 0.29) is 18.0 Å². The van der Waals surface area contributed by atoms with Gasteiger partial charge in [0.1, 0.15) is 11.6 Å². The van der Waals surface area contributed by atoms with Crippen LogP contribution in [-0.4, -0.2) is 10.8 Å². The molecule has 0 spiro atoms. The number of nitrogens with zero attached hydrogens (tertiary/aromatic N) is 1. The van der Waals surface area contributed by atoms with Crippen LogP contribution in [0.3, 0.4) is 0 Å². The number of furan rings is 1. The van der Waals surface area contributed by atoms with Crippen LogP contribution in [0.2, 0.25) is 0 Å². The van der Waals surface area contributed by atoms with Crippen LogP contribution in [-0.2, 0) is 6.54 Å². The van der Waals surface area contributed by atoms with Crippen LogP contribution in [0.25, 0.3) is 11.3 Å². The van der Waals surface area contributed by atoms with Crippen molar-refractivity contribution in [3.05, 3.63) is 87.9 Å². The Bertz CT molecular complexity index is 919. The van der Waals surface area contributed by atoms with E-state index < -0.39 is 16.6 Å². The maximum atomic E-state index is 13.5. The van der Waals surface area contributed by atoms with E-state index >= 15 is 0 Å². The van der Waals surface area contributed by atoms with Gasteiger partial charge in [0.05, 0.1) is 4.92 Å². The lowest BCUT2D eigenvalue weighted by Crippen LogP contribution is -2.22. The van der Waals surface area contributed by atoms with Gasteiger partial charge in [-0.1, -0.05) is 18.2 Å². The number of halogens is 1. The first-order valence-corrected chi connectivity index (χ1v) is 7.41. The molecule has 126 valence electrons. The number of non-ortho nitro benzene ring substituents is 1. The number of nitrogens with one attached hydrogen (secondary N) is 1. The topological polar surface area (TPSA) is 85.4 Å². The molecule has 0 fully saturated rings. The van der Waals surface area contributed by atoms with Crippen LogP contribution >= 0.6 is 0 Å². The van der Waals surface area contributed by atoms with Gasteiger partial charge in [-0.15, -0.1) is 0 Å². The maximum Gasteiger partial charge on any atom is 0.287 e. The van der Waals surface area contributed by atoms with Crippen molar-refractivity contribution in [3.8, 4) is 11.3 Å². The molecule has 7 heteroatoms. The summed E-state index contributed by atoms with van der Waals surface area (Å²) in [7, 11) is 0. The Labute approximate surface area is 142 Å². The summed E-state index contributed by atoms with van der Waals surface area (Å²) in [6.07, 6.45) is 0. The summed E-state index contributed by atoms with van der Waals surface area (Å²) in [5.41, 5.74) is 0.954. The lowest BCUT2D eigenvalue weighted by Gasteiger charge is -2.04. The van der Waals surface area contributed by atoms with E-state index in [1.165, 1.54) is 36.4 Å². The molecule has 0 aliphatic heterocycles. The van der Waals surface area contributed by atoms with Crippen molar-refractivity contribution in [2.75, 3.05) is 0 Å². The number of rotatable bonds is 5. The molecular weight excluding hydrogens is 327 g/mol. The molecule has 25 heavy (non-hydrogen) atoms. The largest absolute Gasteiger partial charge is 0.451 e. The fraction of sp³-hybridized carbons (Fsp3) is 0.0556. The zero-order valence-corrected chi connectivity index (χ0v) is 12.9. The van der Waals surface area contributed by atoms with Crippen molar-refractivity contribution < 1.29 is 18.5 Å². The number of hydrogen-bond donors (Lipinski definition) is 1. The summed E-state index contributed by atoms with van der Waals surface area (Å²) in [4.78, 5) is 22.3. The molecule has 0 saturated heterocycles. The van der Waals surface area contributed by atoms with Crippen LogP contribution in [0.15, 0.2) is 65.1 Å². The minimum atomic E-state index is -0.493. The average molecular weight is 340 g/mol. The smallest absolute Gasteiger partial charge is 0.287 e. The second-order valence-corrected chi connectivity index (χ2v) is 5.24. The third-order valence-corrected chi connectivity index (χ3v) is 3.59. The highest BCUT2D eigenvalue weighted by atomic mass is 19.1. The SMILES string of the molecule is O=C(NCc1ccccc1F)c1ccc(-c2ccc([N+](=O)[O-])cc2)o1. The molecule has 6 nitrogen and oxygen atoms in total. The van der Waals surface area contributed by atoms with Gasteiger partial charge >= 0.3 is 0 Å². The predicted molar refractivity (Wildman–Crippen MR) is 88.4 cm³/mol. The molecule has 0 saturated carbocycles. The highest BCUT2D eigenvalue weighted by Gasteiger charge is 2.13. The van der Waals surface area contributed by atoms with Crippen molar-refractivity contribution in [1.29, 1.82) is 0 Å². The molecule has 0 bridgehead atoms. The normalized spacial score (nSPS) is 10.4. The van der Waals surface area contributed by atoms with Gasteiger partial charge in [-0.2, -0.15) is 0 Å². The monoisotopic (exact) mass is 340 g/mol. The highest BCUT2D eigenvalue weighted by Crippen LogP contribution is 2.24. The zero-order chi connectivity index (χ0) is 17.8. The van der Waals surface area contributed by atoms with E-state index in [0.717, 1.165) is 0 Å². The molecule has 3 aromatic rings. The van der Waals surface area contributed by atoms with Gasteiger partial charge in [-0.3, -0.25) is 14.9 Å². The van der Waals surface area contributed by atoms with E-state index in [1.807, 2.05) is 0 Å². The quantitative estimate of drug-likeness (QED) is 0.563. The summed E-state index contributed by atoms with van der Waals surface area (Å²) in [6, 6.07) is 15.0. The van der Waals surface area contributed by atoms with Gasteiger partial charge < -0.3 is 9.73 Å². The van der Waals surface area contributed by atoms with Crippen molar-refractivity contribution in [2.24, 2.45) is 0 Å². The highest BCUT2D eigenvalue weighted by molar-refractivity contribution is 5.92. The Morgan fingerprint density at radius 1 is 1.08 bits per heavy atom. The van der Waals surface area contributed by atoms with Gasteiger partial charge in [0.2, 0.25) is 0 Å². The minimum Gasteiger partial charge on any atom is -0.451 e. The number of nitro groups is 1. The molecule has 0 aliphatic rings. The van der Waals surface area contributed by atoms with E-state index in [4.69, 9.17) is 4.42 Å². The van der Waals surface area contributed by atoms with E-state index in [9.17, 15) is 19.3 Å². The first-order chi connectivity index (χ1) is 12.0. The van der Waals surface area contributed by atoms with Gasteiger partial charge in [0.15, 0.2) is 5.76 Å². The van der Waals surface area contributed by atoms with Gasteiger partial charge in [0.25, 0.3) is 11.6 Å². The number of nitro benzene ring substituents is 1. The average Bonchev–Trinajstić information content (AvgIpc) is 3.11. The standard InChI is InChI=1S/C18H13FN2O4/c19-15-4-2-1-3-13(15)11-20-18(22)17-10-9-16(25-17)12-5-7-14(8-6-12)21(23)24/h1-10H,11H2,(H,20,22). The Kier molecular flexibility index (Phi) is 4.56. The summed E-state index contributed by atoms with van der Waals surface area (Å²) in [6.45, 7) is 0.0407. The first kappa shape index (κ1) is 16.4. The molecule has 0 radical (unpaired) electrons. The summed E-state index contributed by atoms with van der Waals surface area (Å²) >= 11 is 0. The minimum absolute atomic E-state index is 0.0295. The van der Waals surface area contributed by atoms with Crippen LogP contribution in [0.5, 0.6) is 0 Å². The third kappa shape index (κ3) is 3.72. The fourth-order valence-corrected chi connectivity index (χ4v) is 2.27. The van der Waals surface area contributed by atoms with Crippen molar-refractivity contribution >= 4 is 11.6 Å². The van der Waals surface area contributed by atoms with Crippen molar-refractivity contribution in [1.82, 2.24) is 5.32 Å². The Balaban J connectivity index is 1.69. The summed E-state index contributed by atoms with van der Waals surface area (Å²) < 4.78 is 19.0. The van der Waals surface area contributed by atoms with E-state index in [2.05, 4.69) is 5.32 Å². The number of amides is 1. The Morgan fingerprint density at radius 3 is 2.48 bits per heavy atom. The number of carbonyl (C=O) groups is 1. The summed E-state index contributed by atoms with van der Waals surface area (Å²) in [5.74, 6) is -0.388. The predicted octanol–water partition coefficient (Wildman–Crippen LogP) is 3.92. The van der Waals surface area contributed by atoms with Crippen LogP contribution in [0, 0.1) is 15.9 Å². The molecule has 1 amide bonds. The van der Waals surface area contributed by atoms with Crippen molar-refractivity contribution in [2.45, 2.75) is 6.54 Å². The fourth-order valence-electron chi connectivity index (χ4n) is 2.27. The van der Waals surface area contributed by atoms with Crippen LogP contribution < -0.4 is 5.32 Å². The maximum absolute atomic E-state index is 13.5. The van der Waals surface area contributed by atoms with Crippen LogP contribution in [0.1, 0.15) is 16.1 Å². The van der Waals surface area contributed by atoms with E-state index in [0.29, 0.717) is 16.9 Å². The van der Waals surface area contributed by atoms with Crippen LogP contribution in [0.4, 0.5) is 10.1 Å². The molecule has 2 aromatic carbocycles. The molecule has 1 N–H and O–H groups in total. The molecule has 1 aromatic heterocycles. The second-order valence-electron chi connectivity index (χ2n) is 5.24. The molecule has 1 heterocycles. The molecule has 0 unspecified atom stereocenters. The molecular formula is C18H13FN2O4. The number of carbonyl (C=O) groups excluding carboxylic acids is 1. The zero-order valence-electron chi connectivity index (χ0n) is 12.9. The lowest BCUT2D eigenvalue weighted by molar-refractivity contribution is -0.384. The first-order valence-electron chi connectivity index (χ1n) is 7.41. The number of benzene rings is 2. The number of hydrogen-bond acceptors (Lipinski definition) is 4. The molecule has 0 atom stereocenters. The second kappa shape index (κ2) is 6.96. The molecule has 0 aliphatic carbocycles. The third-order valence-electron chi connectivity index (χ3n) is 3.59. The van der Waals surface area contributed by atoms with Gasteiger partial charge in [-0.05, 0) is 30.3 Å². The Morgan fingerprint density at radius 2 is 1.80 bits per heavy atom. The molecule has 3 rings (SSSR count). The lowest BCUT2D eigenvalue weighted by atomic mass is 10.1. The Hall–Kier alpha value is -3.48. The van der Waals surface area contributed by atoms with Gasteiger partial charge in [0, 0.05) is 29.8 Å². The van der Waals surface area contributed by atoms with Gasteiger partial charge in [-0.25, -0.2) is 4.39 Å². The summed E-state index contributed by atoms with van der Waals surface area (Å²) in [5, 5.41) is 13.2. The van der Waals surface area contributed by atoms with Crippen molar-refractivity contribution in [3.63, 3.8) is 0 Å².